The highest BCUT2D eigenvalue weighted by Gasteiger charge is 2.09. The van der Waals surface area contributed by atoms with Gasteiger partial charge in [-0.25, -0.2) is 18.4 Å². The van der Waals surface area contributed by atoms with E-state index in [-0.39, 0.29) is 11.5 Å². The Morgan fingerprint density at radius 3 is 2.56 bits per heavy atom. The Bertz CT molecular complexity index is 498. The Balaban J connectivity index is 2.68. The lowest BCUT2D eigenvalue weighted by molar-refractivity contribution is 0.597. The predicted octanol–water partition coefficient (Wildman–Crippen LogP) is 1.76. The molecule has 1 heterocycles. The Kier molecular flexibility index (Phi) is 5.07. The lowest BCUT2D eigenvalue weighted by atomic mass is 10.1. The van der Waals surface area contributed by atoms with Gasteiger partial charge in [0.15, 0.2) is 9.84 Å². The fourth-order valence-electron chi connectivity index (χ4n) is 1.43. The molecule has 0 spiro atoms. The van der Waals surface area contributed by atoms with E-state index < -0.39 is 9.84 Å². The zero-order valence-corrected chi connectivity index (χ0v) is 12.2. The Labute approximate surface area is 109 Å². The molecule has 1 aromatic heterocycles. The summed E-state index contributed by atoms with van der Waals surface area (Å²) in [6.07, 6.45) is 0. The van der Waals surface area contributed by atoms with Gasteiger partial charge in [0.1, 0.15) is 0 Å². The summed E-state index contributed by atoms with van der Waals surface area (Å²) >= 11 is 0. The summed E-state index contributed by atoms with van der Waals surface area (Å²) in [5.41, 5.74) is 1.85. The zero-order valence-electron chi connectivity index (χ0n) is 11.4. The first-order valence-corrected chi connectivity index (χ1v) is 7.96. The zero-order chi connectivity index (χ0) is 13.8. The lowest BCUT2D eigenvalue weighted by Crippen LogP contribution is -2.18. The molecule has 1 N–H and O–H groups in total. The van der Waals surface area contributed by atoms with Gasteiger partial charge in [-0.1, -0.05) is 20.8 Å². The van der Waals surface area contributed by atoms with E-state index in [0.29, 0.717) is 18.4 Å². The van der Waals surface area contributed by atoms with E-state index in [1.54, 1.807) is 6.92 Å². The summed E-state index contributed by atoms with van der Waals surface area (Å²) in [7, 11) is -2.94. The highest BCUT2D eigenvalue weighted by molar-refractivity contribution is 7.91. The maximum atomic E-state index is 11.4. The van der Waals surface area contributed by atoms with Crippen molar-refractivity contribution in [2.75, 3.05) is 23.4 Å². The van der Waals surface area contributed by atoms with Crippen LogP contribution in [0.5, 0.6) is 0 Å². The van der Waals surface area contributed by atoms with Crippen molar-refractivity contribution >= 4 is 15.8 Å². The predicted molar refractivity (Wildman–Crippen MR) is 73.7 cm³/mol. The summed E-state index contributed by atoms with van der Waals surface area (Å²) in [6.45, 7) is 8.02. The SMILES string of the molecule is CCS(=O)(=O)CCNc1nc(C)cc(C(C)C)n1. The van der Waals surface area contributed by atoms with Crippen molar-refractivity contribution in [2.24, 2.45) is 0 Å². The van der Waals surface area contributed by atoms with Crippen molar-refractivity contribution in [1.82, 2.24) is 9.97 Å². The van der Waals surface area contributed by atoms with E-state index in [0.717, 1.165) is 11.4 Å². The van der Waals surface area contributed by atoms with Crippen molar-refractivity contribution in [3.63, 3.8) is 0 Å². The normalized spacial score (nSPS) is 11.8. The highest BCUT2D eigenvalue weighted by Crippen LogP contribution is 2.14. The highest BCUT2D eigenvalue weighted by atomic mass is 32.2. The Morgan fingerprint density at radius 1 is 1.33 bits per heavy atom. The van der Waals surface area contributed by atoms with Crippen LogP contribution in [-0.2, 0) is 9.84 Å². The van der Waals surface area contributed by atoms with Crippen LogP contribution < -0.4 is 5.32 Å². The fourth-order valence-corrected chi connectivity index (χ4v) is 2.13. The second-order valence-electron chi connectivity index (χ2n) is 4.58. The van der Waals surface area contributed by atoms with E-state index in [1.807, 2.05) is 13.0 Å². The molecule has 102 valence electrons. The van der Waals surface area contributed by atoms with Gasteiger partial charge in [-0.2, -0.15) is 0 Å². The minimum absolute atomic E-state index is 0.109. The molecule has 0 aromatic carbocycles. The number of anilines is 1. The van der Waals surface area contributed by atoms with Gasteiger partial charge >= 0.3 is 0 Å². The number of nitrogens with one attached hydrogen (secondary N) is 1. The van der Waals surface area contributed by atoms with Crippen molar-refractivity contribution in [1.29, 1.82) is 0 Å². The average molecular weight is 271 g/mol. The largest absolute Gasteiger partial charge is 0.353 e. The quantitative estimate of drug-likeness (QED) is 0.853. The van der Waals surface area contributed by atoms with Crippen LogP contribution in [0.3, 0.4) is 0 Å². The summed E-state index contributed by atoms with van der Waals surface area (Å²) in [5, 5.41) is 2.97. The molecular weight excluding hydrogens is 250 g/mol. The van der Waals surface area contributed by atoms with Crippen LogP contribution in [-0.4, -0.2) is 36.4 Å². The molecular formula is C12H21N3O2S. The van der Waals surface area contributed by atoms with Crippen LogP contribution in [0, 0.1) is 6.92 Å². The first kappa shape index (κ1) is 14.9. The molecule has 0 fully saturated rings. The molecule has 0 aliphatic carbocycles. The molecule has 1 rings (SSSR count). The smallest absolute Gasteiger partial charge is 0.223 e. The molecule has 0 amide bonds. The van der Waals surface area contributed by atoms with Gasteiger partial charge in [-0.05, 0) is 18.9 Å². The number of rotatable bonds is 6. The summed E-state index contributed by atoms with van der Waals surface area (Å²) in [4.78, 5) is 8.61. The second-order valence-corrected chi connectivity index (χ2v) is 7.05. The molecule has 18 heavy (non-hydrogen) atoms. The topological polar surface area (TPSA) is 72.0 Å². The third-order valence-electron chi connectivity index (χ3n) is 2.60. The monoisotopic (exact) mass is 271 g/mol. The molecule has 0 unspecified atom stereocenters. The molecule has 0 saturated carbocycles. The Morgan fingerprint density at radius 2 is 2.00 bits per heavy atom. The van der Waals surface area contributed by atoms with E-state index in [1.165, 1.54) is 0 Å². The maximum Gasteiger partial charge on any atom is 0.223 e. The van der Waals surface area contributed by atoms with Gasteiger partial charge in [0.05, 0.1) is 5.75 Å². The average Bonchev–Trinajstić information content (AvgIpc) is 2.28. The first-order chi connectivity index (χ1) is 8.34. The van der Waals surface area contributed by atoms with E-state index in [2.05, 4.69) is 29.1 Å². The van der Waals surface area contributed by atoms with Gasteiger partial charge in [-0.3, -0.25) is 0 Å². The summed E-state index contributed by atoms with van der Waals surface area (Å²) in [6, 6.07) is 1.94. The number of hydrogen-bond donors (Lipinski definition) is 1. The molecule has 0 saturated heterocycles. The molecule has 0 aliphatic rings. The fraction of sp³-hybridized carbons (Fsp3) is 0.667. The van der Waals surface area contributed by atoms with E-state index >= 15 is 0 Å². The molecule has 0 atom stereocenters. The van der Waals surface area contributed by atoms with Crippen LogP contribution in [0.2, 0.25) is 0 Å². The molecule has 0 bridgehead atoms. The van der Waals surface area contributed by atoms with Crippen molar-refractivity contribution in [2.45, 2.75) is 33.6 Å². The van der Waals surface area contributed by atoms with Gasteiger partial charge < -0.3 is 5.32 Å². The minimum Gasteiger partial charge on any atom is -0.353 e. The number of aromatic nitrogens is 2. The molecule has 6 heteroatoms. The van der Waals surface area contributed by atoms with Crippen LogP contribution in [0.15, 0.2) is 6.07 Å². The molecule has 1 aromatic rings. The first-order valence-electron chi connectivity index (χ1n) is 6.14. The molecule has 5 nitrogen and oxygen atoms in total. The lowest BCUT2D eigenvalue weighted by Gasteiger charge is -2.10. The Hall–Kier alpha value is -1.17. The number of hydrogen-bond acceptors (Lipinski definition) is 5. The molecule has 0 radical (unpaired) electrons. The third kappa shape index (κ3) is 4.60. The minimum atomic E-state index is -2.94. The van der Waals surface area contributed by atoms with Crippen molar-refractivity contribution in [3.05, 3.63) is 17.5 Å². The summed E-state index contributed by atoms with van der Waals surface area (Å²) in [5.74, 6) is 1.11. The van der Waals surface area contributed by atoms with Crippen LogP contribution in [0.1, 0.15) is 38.1 Å². The third-order valence-corrected chi connectivity index (χ3v) is 4.31. The number of nitrogens with zero attached hydrogens (tertiary/aromatic N) is 2. The van der Waals surface area contributed by atoms with Crippen molar-refractivity contribution in [3.8, 4) is 0 Å². The van der Waals surface area contributed by atoms with E-state index in [4.69, 9.17) is 0 Å². The number of aryl methyl sites for hydroxylation is 1. The van der Waals surface area contributed by atoms with Crippen molar-refractivity contribution < 1.29 is 8.42 Å². The standard InChI is InChI=1S/C12H21N3O2S/c1-5-18(16,17)7-6-13-12-14-10(4)8-11(15-12)9(2)3/h8-9H,5-7H2,1-4H3,(H,13,14,15). The van der Waals surface area contributed by atoms with Crippen LogP contribution in [0.4, 0.5) is 5.95 Å². The second kappa shape index (κ2) is 6.13. The van der Waals surface area contributed by atoms with Gasteiger partial charge in [-0.15, -0.1) is 0 Å². The maximum absolute atomic E-state index is 11.4. The van der Waals surface area contributed by atoms with Gasteiger partial charge in [0, 0.05) is 23.7 Å². The number of sulfone groups is 1. The molecule has 0 aliphatic heterocycles. The summed E-state index contributed by atoms with van der Waals surface area (Å²) < 4.78 is 22.7. The van der Waals surface area contributed by atoms with Crippen LogP contribution >= 0.6 is 0 Å². The van der Waals surface area contributed by atoms with Gasteiger partial charge in [0.25, 0.3) is 0 Å². The van der Waals surface area contributed by atoms with E-state index in [9.17, 15) is 8.42 Å². The van der Waals surface area contributed by atoms with Gasteiger partial charge in [0.2, 0.25) is 5.95 Å². The van der Waals surface area contributed by atoms with Crippen LogP contribution in [0.25, 0.3) is 0 Å².